The summed E-state index contributed by atoms with van der Waals surface area (Å²) in [4.78, 5) is 0. The summed E-state index contributed by atoms with van der Waals surface area (Å²) in [5, 5.41) is 6.95. The predicted octanol–water partition coefficient (Wildman–Crippen LogP) is 8.06. The number of anilines is 2. The van der Waals surface area contributed by atoms with Crippen LogP contribution in [0.15, 0.2) is 102 Å². The Morgan fingerprint density at radius 2 is 1.62 bits per heavy atom. The fourth-order valence-electron chi connectivity index (χ4n) is 3.11. The third-order valence-electron chi connectivity index (χ3n) is 4.81. The number of hydrogen-bond acceptors (Lipinski definition) is 2. The first-order chi connectivity index (χ1) is 15.6. The zero-order valence-electron chi connectivity index (χ0n) is 19.7. The van der Waals surface area contributed by atoms with Crippen LogP contribution in [0.3, 0.4) is 0 Å². The van der Waals surface area contributed by atoms with Gasteiger partial charge in [-0.2, -0.15) is 0 Å². The molecule has 0 heterocycles. The van der Waals surface area contributed by atoms with Crippen molar-refractivity contribution in [3.05, 3.63) is 114 Å². The molecule has 0 amide bonds. The van der Waals surface area contributed by atoms with Gasteiger partial charge in [-0.15, -0.1) is 12.3 Å². The van der Waals surface area contributed by atoms with E-state index in [0.29, 0.717) is 0 Å². The third-order valence-corrected chi connectivity index (χ3v) is 4.81. The molecule has 0 bridgehead atoms. The quantitative estimate of drug-likeness (QED) is 0.348. The first kappa shape index (κ1) is 24.6. The van der Waals surface area contributed by atoms with Crippen LogP contribution in [0, 0.1) is 19.3 Å². The van der Waals surface area contributed by atoms with Crippen molar-refractivity contribution in [1.29, 1.82) is 0 Å². The number of hydrogen-bond donors (Lipinski definition) is 2. The Bertz CT molecular complexity index is 1040. The van der Waals surface area contributed by atoms with Crippen LogP contribution in [0.5, 0.6) is 0 Å². The lowest BCUT2D eigenvalue weighted by Gasteiger charge is -2.09. The molecule has 0 aromatic heterocycles. The molecule has 32 heavy (non-hydrogen) atoms. The topological polar surface area (TPSA) is 24.1 Å². The van der Waals surface area contributed by atoms with Crippen LogP contribution in [0.1, 0.15) is 44.7 Å². The third kappa shape index (κ3) is 8.20. The molecule has 2 nitrogen and oxygen atoms in total. The van der Waals surface area contributed by atoms with Gasteiger partial charge < -0.3 is 10.6 Å². The van der Waals surface area contributed by atoms with Crippen LogP contribution in [0.25, 0.3) is 5.57 Å². The molecule has 2 heteroatoms. The van der Waals surface area contributed by atoms with Crippen LogP contribution < -0.4 is 10.6 Å². The maximum atomic E-state index is 4.60. The summed E-state index contributed by atoms with van der Waals surface area (Å²) >= 11 is 0. The van der Waals surface area contributed by atoms with E-state index in [-0.39, 0.29) is 0 Å². The van der Waals surface area contributed by atoms with Gasteiger partial charge in [0.25, 0.3) is 0 Å². The summed E-state index contributed by atoms with van der Waals surface area (Å²) in [6.07, 6.45) is 21.8. The summed E-state index contributed by atoms with van der Waals surface area (Å²) in [6, 6.07) is 17.1. The fraction of sp³-hybridized carbons (Fsp3) is 0.200. The molecule has 0 saturated heterocycles. The van der Waals surface area contributed by atoms with E-state index < -0.39 is 0 Å². The Labute approximate surface area is 194 Å². The monoisotopic (exact) mass is 422 g/mol. The van der Waals surface area contributed by atoms with Crippen molar-refractivity contribution in [3.8, 4) is 12.3 Å². The second kappa shape index (κ2) is 13.6. The molecule has 3 rings (SSSR count). The molecule has 1 aliphatic rings. The lowest BCUT2D eigenvalue weighted by molar-refractivity contribution is 1.02. The van der Waals surface area contributed by atoms with Crippen molar-refractivity contribution in [1.82, 2.24) is 5.32 Å². The highest BCUT2D eigenvalue weighted by Crippen LogP contribution is 2.24. The van der Waals surface area contributed by atoms with Crippen molar-refractivity contribution >= 4 is 16.9 Å². The first-order valence-corrected chi connectivity index (χ1v) is 11.1. The minimum Gasteiger partial charge on any atom is -0.356 e. The van der Waals surface area contributed by atoms with Gasteiger partial charge in [0.1, 0.15) is 0 Å². The highest BCUT2D eigenvalue weighted by molar-refractivity contribution is 5.76. The highest BCUT2D eigenvalue weighted by atomic mass is 14.9. The Morgan fingerprint density at radius 1 is 1.00 bits per heavy atom. The van der Waals surface area contributed by atoms with Gasteiger partial charge in [0.2, 0.25) is 0 Å². The average Bonchev–Trinajstić information content (AvgIpc) is 3.05. The van der Waals surface area contributed by atoms with E-state index in [9.17, 15) is 0 Å². The molecule has 0 fully saturated rings. The van der Waals surface area contributed by atoms with Gasteiger partial charge in [-0.3, -0.25) is 0 Å². The summed E-state index contributed by atoms with van der Waals surface area (Å²) < 4.78 is 0. The molecule has 1 aliphatic carbocycles. The molecule has 0 aliphatic heterocycles. The van der Waals surface area contributed by atoms with Gasteiger partial charge in [0.15, 0.2) is 0 Å². The van der Waals surface area contributed by atoms with Gasteiger partial charge in [-0.25, -0.2) is 0 Å². The Balaban J connectivity index is 0.00000114. The maximum Gasteiger partial charge on any atom is 0.0384 e. The van der Waals surface area contributed by atoms with Gasteiger partial charge in [0, 0.05) is 22.8 Å². The van der Waals surface area contributed by atoms with Crippen molar-refractivity contribution in [2.45, 2.75) is 40.5 Å². The van der Waals surface area contributed by atoms with Crippen LogP contribution in [0.4, 0.5) is 11.4 Å². The van der Waals surface area contributed by atoms with Gasteiger partial charge in [-0.05, 0) is 81.2 Å². The zero-order chi connectivity index (χ0) is 23.2. The zero-order valence-corrected chi connectivity index (χ0v) is 19.7. The van der Waals surface area contributed by atoms with E-state index in [1.807, 2.05) is 0 Å². The van der Waals surface area contributed by atoms with Gasteiger partial charge >= 0.3 is 0 Å². The molecule has 2 aromatic rings. The van der Waals surface area contributed by atoms with Crippen LogP contribution in [-0.4, -0.2) is 0 Å². The van der Waals surface area contributed by atoms with Gasteiger partial charge in [0.05, 0.1) is 0 Å². The summed E-state index contributed by atoms with van der Waals surface area (Å²) in [5.41, 5.74) is 8.18. The second-order valence-corrected chi connectivity index (χ2v) is 7.42. The SMILES string of the molecule is C#CC.C/C=C(\C=C/CC)NC1=CCC=C(c2ccc(Nc3ccc(C)cc3)cc2)C=C1. The number of allylic oxidation sites excluding steroid dienone is 8. The van der Waals surface area contributed by atoms with Crippen molar-refractivity contribution in [3.63, 3.8) is 0 Å². The van der Waals surface area contributed by atoms with E-state index in [4.69, 9.17) is 0 Å². The smallest absolute Gasteiger partial charge is 0.0384 e. The summed E-state index contributed by atoms with van der Waals surface area (Å²) in [7, 11) is 0. The normalized spacial score (nSPS) is 13.3. The van der Waals surface area contributed by atoms with E-state index in [0.717, 1.165) is 35.6 Å². The van der Waals surface area contributed by atoms with Crippen LogP contribution in [-0.2, 0) is 0 Å². The Morgan fingerprint density at radius 3 is 2.22 bits per heavy atom. The molecule has 2 N–H and O–H groups in total. The standard InChI is InChI=1S/C27H30N2.C3H4/c1-4-6-9-24(5-2)28-25-10-7-8-22(13-18-25)23-14-19-27(20-15-23)29-26-16-11-21(3)12-17-26;1-3-2/h5-6,8-20,28-29H,4,7H2,1-3H3;1H,2H3/b9-6-,24-5+;. The van der Waals surface area contributed by atoms with Crippen molar-refractivity contribution in [2.75, 3.05) is 5.32 Å². The molecular formula is C30H34N2. The van der Waals surface area contributed by atoms with E-state index in [2.05, 4.69) is 135 Å². The lowest BCUT2D eigenvalue weighted by Crippen LogP contribution is -2.09. The van der Waals surface area contributed by atoms with Crippen molar-refractivity contribution in [2.24, 2.45) is 0 Å². The molecule has 2 aromatic carbocycles. The Hall–Kier alpha value is -3.70. The van der Waals surface area contributed by atoms with Crippen LogP contribution in [0.2, 0.25) is 0 Å². The largest absolute Gasteiger partial charge is 0.356 e. The Kier molecular flexibility index (Phi) is 10.4. The summed E-state index contributed by atoms with van der Waals surface area (Å²) in [6.45, 7) is 7.95. The highest BCUT2D eigenvalue weighted by Gasteiger charge is 2.03. The molecule has 0 atom stereocenters. The minimum absolute atomic E-state index is 0.905. The predicted molar refractivity (Wildman–Crippen MR) is 142 cm³/mol. The molecule has 0 spiro atoms. The molecule has 0 saturated carbocycles. The van der Waals surface area contributed by atoms with E-state index >= 15 is 0 Å². The van der Waals surface area contributed by atoms with Crippen molar-refractivity contribution < 1.29 is 0 Å². The van der Waals surface area contributed by atoms with E-state index in [1.165, 1.54) is 16.7 Å². The number of nitrogens with one attached hydrogen (secondary N) is 2. The average molecular weight is 423 g/mol. The van der Waals surface area contributed by atoms with E-state index in [1.54, 1.807) is 6.92 Å². The van der Waals surface area contributed by atoms with Gasteiger partial charge in [-0.1, -0.05) is 67.1 Å². The fourth-order valence-corrected chi connectivity index (χ4v) is 3.11. The molecule has 0 unspecified atom stereocenters. The number of rotatable bonds is 7. The molecular weight excluding hydrogens is 388 g/mol. The summed E-state index contributed by atoms with van der Waals surface area (Å²) in [5.74, 6) is 2.25. The minimum atomic E-state index is 0.905. The molecule has 164 valence electrons. The maximum absolute atomic E-state index is 4.60. The number of benzene rings is 2. The van der Waals surface area contributed by atoms with Crippen LogP contribution >= 0.6 is 0 Å². The molecule has 0 radical (unpaired) electrons. The first-order valence-electron chi connectivity index (χ1n) is 11.1. The number of aryl methyl sites for hydroxylation is 1. The lowest BCUT2D eigenvalue weighted by atomic mass is 10.0. The number of terminal acetylenes is 1. The second-order valence-electron chi connectivity index (χ2n) is 7.42.